The number of aromatic nitrogens is 2. The van der Waals surface area contributed by atoms with Crippen LogP contribution in [0, 0.1) is 0 Å². The molecule has 0 atom stereocenters. The maximum Gasteiger partial charge on any atom is 0.350 e. The number of benzene rings is 3. The van der Waals surface area contributed by atoms with Crippen molar-refractivity contribution in [1.82, 2.24) is 9.55 Å². The quantitative estimate of drug-likeness (QED) is 0.568. The number of nitrogens with one attached hydrogen (secondary N) is 2. The van der Waals surface area contributed by atoms with Crippen molar-refractivity contribution in [3.05, 3.63) is 101 Å². The second-order valence-corrected chi connectivity index (χ2v) is 6.28. The van der Waals surface area contributed by atoms with Crippen molar-refractivity contribution >= 4 is 28.4 Å². The van der Waals surface area contributed by atoms with Gasteiger partial charge in [0.05, 0.1) is 12.1 Å². The molecule has 138 valence electrons. The number of rotatable bonds is 4. The number of anilines is 2. The number of fused-ring (bicyclic) bond motifs is 1. The molecule has 0 saturated carbocycles. The maximum atomic E-state index is 12.7. The molecule has 0 aliphatic heterocycles. The second kappa shape index (κ2) is 7.75. The molecule has 0 radical (unpaired) electrons. The van der Waals surface area contributed by atoms with E-state index in [2.05, 4.69) is 15.6 Å². The molecule has 0 aliphatic rings. The Kier molecular flexibility index (Phi) is 4.84. The molecule has 6 nitrogen and oxygen atoms in total. The molecule has 2 N–H and O–H groups in total. The van der Waals surface area contributed by atoms with Gasteiger partial charge in [0.2, 0.25) is 0 Å². The van der Waals surface area contributed by atoms with Crippen LogP contribution >= 0.6 is 0 Å². The summed E-state index contributed by atoms with van der Waals surface area (Å²) in [7, 11) is 0. The van der Waals surface area contributed by atoms with Crippen LogP contribution in [-0.4, -0.2) is 15.6 Å². The van der Waals surface area contributed by atoms with Crippen LogP contribution in [0.4, 0.5) is 16.3 Å². The van der Waals surface area contributed by atoms with Gasteiger partial charge >= 0.3 is 11.7 Å². The fourth-order valence-electron chi connectivity index (χ4n) is 3.01. The summed E-state index contributed by atoms with van der Waals surface area (Å²) < 4.78 is 1.47. The zero-order chi connectivity index (χ0) is 19.3. The molecule has 0 saturated heterocycles. The molecule has 28 heavy (non-hydrogen) atoms. The van der Waals surface area contributed by atoms with E-state index in [1.807, 2.05) is 66.7 Å². The number of para-hydroxylation sites is 2. The number of hydrogen-bond donors (Lipinski definition) is 2. The SMILES string of the molecule is O=C(Nc1ccccc1)Nc1c2ccccc2nc(=O)n1Cc1ccccc1. The van der Waals surface area contributed by atoms with E-state index in [-0.39, 0.29) is 0 Å². The smallest absolute Gasteiger partial charge is 0.308 e. The molecule has 0 fully saturated rings. The van der Waals surface area contributed by atoms with Crippen molar-refractivity contribution in [2.45, 2.75) is 6.54 Å². The van der Waals surface area contributed by atoms with Gasteiger partial charge in [-0.2, -0.15) is 4.98 Å². The summed E-state index contributed by atoms with van der Waals surface area (Å²) in [6.07, 6.45) is 0. The number of urea groups is 1. The molecule has 4 aromatic rings. The average Bonchev–Trinajstić information content (AvgIpc) is 2.72. The van der Waals surface area contributed by atoms with E-state index in [0.29, 0.717) is 29.0 Å². The third-order valence-electron chi connectivity index (χ3n) is 4.32. The summed E-state index contributed by atoms with van der Waals surface area (Å²) >= 11 is 0. The van der Waals surface area contributed by atoms with Gasteiger partial charge in [-0.1, -0.05) is 60.7 Å². The summed E-state index contributed by atoms with van der Waals surface area (Å²) in [6, 6.07) is 25.5. The highest BCUT2D eigenvalue weighted by Gasteiger charge is 2.14. The molecule has 1 heterocycles. The molecule has 4 rings (SSSR count). The van der Waals surface area contributed by atoms with Crippen molar-refractivity contribution in [3.63, 3.8) is 0 Å². The van der Waals surface area contributed by atoms with Crippen LogP contribution in [0.3, 0.4) is 0 Å². The summed E-state index contributed by atoms with van der Waals surface area (Å²) in [5.74, 6) is 0.410. The highest BCUT2D eigenvalue weighted by Crippen LogP contribution is 2.21. The fourth-order valence-corrected chi connectivity index (χ4v) is 3.01. The molecular weight excluding hydrogens is 352 g/mol. The molecule has 6 heteroatoms. The van der Waals surface area contributed by atoms with E-state index in [0.717, 1.165) is 5.56 Å². The molecule has 2 amide bonds. The topological polar surface area (TPSA) is 76.0 Å². The molecule has 0 bridgehead atoms. The zero-order valence-electron chi connectivity index (χ0n) is 15.0. The lowest BCUT2D eigenvalue weighted by molar-refractivity contribution is 0.262. The van der Waals surface area contributed by atoms with Crippen LogP contribution in [0.1, 0.15) is 5.56 Å². The Morgan fingerprint density at radius 1 is 0.821 bits per heavy atom. The van der Waals surface area contributed by atoms with Gasteiger partial charge in [-0.25, -0.2) is 9.59 Å². The Balaban J connectivity index is 1.74. The Bertz CT molecular complexity index is 1170. The number of nitrogens with zero attached hydrogens (tertiary/aromatic N) is 2. The molecular formula is C22H18N4O2. The molecule has 3 aromatic carbocycles. The van der Waals surface area contributed by atoms with Crippen LogP contribution in [0.2, 0.25) is 0 Å². The lowest BCUT2D eigenvalue weighted by Gasteiger charge is -2.16. The lowest BCUT2D eigenvalue weighted by Crippen LogP contribution is -2.30. The zero-order valence-corrected chi connectivity index (χ0v) is 15.0. The van der Waals surface area contributed by atoms with E-state index in [9.17, 15) is 9.59 Å². The first-order chi connectivity index (χ1) is 13.7. The summed E-state index contributed by atoms with van der Waals surface area (Å²) in [4.78, 5) is 29.4. The van der Waals surface area contributed by atoms with Crippen LogP contribution in [0.25, 0.3) is 10.9 Å². The molecule has 0 spiro atoms. The first-order valence-electron chi connectivity index (χ1n) is 8.87. The highest BCUT2D eigenvalue weighted by atomic mass is 16.2. The van der Waals surface area contributed by atoms with Crippen LogP contribution in [-0.2, 0) is 6.54 Å². The van der Waals surface area contributed by atoms with Crippen LogP contribution in [0.15, 0.2) is 89.7 Å². The third kappa shape index (κ3) is 3.76. The molecule has 1 aromatic heterocycles. The standard InChI is InChI=1S/C22H18N4O2/c27-21(23-17-11-5-2-6-12-17)25-20-18-13-7-8-14-19(18)24-22(28)26(20)15-16-9-3-1-4-10-16/h1-14H,15H2,(H2,23,25,27). The third-order valence-corrected chi connectivity index (χ3v) is 4.32. The van der Waals surface area contributed by atoms with Gasteiger partial charge < -0.3 is 5.32 Å². The van der Waals surface area contributed by atoms with Crippen molar-refractivity contribution in [3.8, 4) is 0 Å². The monoisotopic (exact) mass is 370 g/mol. The number of carbonyl (C=O) groups excluding carboxylic acids is 1. The Hall–Kier alpha value is -3.93. The minimum absolute atomic E-state index is 0.304. The van der Waals surface area contributed by atoms with Gasteiger partial charge in [-0.15, -0.1) is 0 Å². The van der Waals surface area contributed by atoms with Gasteiger partial charge in [0.15, 0.2) is 0 Å². The van der Waals surface area contributed by atoms with Crippen molar-refractivity contribution < 1.29 is 4.79 Å². The van der Waals surface area contributed by atoms with Gasteiger partial charge in [0, 0.05) is 11.1 Å². The van der Waals surface area contributed by atoms with E-state index < -0.39 is 11.7 Å². The summed E-state index contributed by atoms with van der Waals surface area (Å²) in [5.41, 5.74) is 1.72. The first kappa shape index (κ1) is 17.5. The van der Waals surface area contributed by atoms with Gasteiger partial charge in [0.1, 0.15) is 5.82 Å². The number of hydrogen-bond acceptors (Lipinski definition) is 3. The van der Waals surface area contributed by atoms with E-state index in [1.165, 1.54) is 4.57 Å². The molecule has 0 unspecified atom stereocenters. The second-order valence-electron chi connectivity index (χ2n) is 6.28. The van der Waals surface area contributed by atoms with E-state index >= 15 is 0 Å². The van der Waals surface area contributed by atoms with Crippen molar-refractivity contribution in [2.24, 2.45) is 0 Å². The van der Waals surface area contributed by atoms with Gasteiger partial charge in [-0.3, -0.25) is 9.88 Å². The Morgan fingerprint density at radius 2 is 1.46 bits per heavy atom. The fraction of sp³-hybridized carbons (Fsp3) is 0.0455. The first-order valence-corrected chi connectivity index (χ1v) is 8.87. The minimum Gasteiger partial charge on any atom is -0.308 e. The minimum atomic E-state index is -0.427. The Labute approximate surface area is 161 Å². The number of amides is 2. The summed E-state index contributed by atoms with van der Waals surface area (Å²) in [5, 5.41) is 6.31. The largest absolute Gasteiger partial charge is 0.350 e. The Morgan fingerprint density at radius 3 is 2.21 bits per heavy atom. The van der Waals surface area contributed by atoms with E-state index in [4.69, 9.17) is 0 Å². The predicted octanol–water partition coefficient (Wildman–Crippen LogP) is 4.09. The predicted molar refractivity (Wildman–Crippen MR) is 111 cm³/mol. The normalized spacial score (nSPS) is 10.6. The number of carbonyl (C=O) groups is 1. The lowest BCUT2D eigenvalue weighted by atomic mass is 10.2. The van der Waals surface area contributed by atoms with Crippen LogP contribution in [0.5, 0.6) is 0 Å². The van der Waals surface area contributed by atoms with Crippen molar-refractivity contribution in [1.29, 1.82) is 0 Å². The summed E-state index contributed by atoms with van der Waals surface area (Å²) in [6.45, 7) is 0.304. The van der Waals surface area contributed by atoms with Crippen LogP contribution < -0.4 is 16.3 Å². The highest BCUT2D eigenvalue weighted by molar-refractivity contribution is 6.04. The van der Waals surface area contributed by atoms with Gasteiger partial charge in [-0.05, 0) is 29.8 Å². The van der Waals surface area contributed by atoms with E-state index in [1.54, 1.807) is 18.2 Å². The average molecular weight is 370 g/mol. The maximum absolute atomic E-state index is 12.7. The van der Waals surface area contributed by atoms with Gasteiger partial charge in [0.25, 0.3) is 0 Å². The van der Waals surface area contributed by atoms with Crippen molar-refractivity contribution in [2.75, 3.05) is 10.6 Å². The molecule has 0 aliphatic carbocycles.